The Hall–Kier alpha value is -3.62. The second-order valence-electron chi connectivity index (χ2n) is 5.89. The smallest absolute Gasteiger partial charge is 0.265 e. The van der Waals surface area contributed by atoms with E-state index in [1.54, 1.807) is 44.3 Å². The van der Waals surface area contributed by atoms with Crippen molar-refractivity contribution in [3.05, 3.63) is 47.7 Å². The molecule has 26 heavy (non-hydrogen) atoms. The van der Waals surface area contributed by atoms with Crippen LogP contribution in [0.3, 0.4) is 0 Å². The number of hydrazone groups is 1. The molecule has 4 rings (SSSR count). The number of amidine groups is 1. The Balaban J connectivity index is 1.68. The highest BCUT2D eigenvalue weighted by Crippen LogP contribution is 2.19. The van der Waals surface area contributed by atoms with E-state index in [0.717, 1.165) is 0 Å². The number of hydrogen-bond acceptors (Lipinski definition) is 6. The molecule has 1 unspecified atom stereocenters. The molecule has 1 aromatic carbocycles. The van der Waals surface area contributed by atoms with Gasteiger partial charge in [0.05, 0.1) is 5.69 Å². The van der Waals surface area contributed by atoms with Gasteiger partial charge in [0.25, 0.3) is 17.8 Å². The van der Waals surface area contributed by atoms with Gasteiger partial charge in [-0.3, -0.25) is 14.6 Å². The van der Waals surface area contributed by atoms with Gasteiger partial charge in [0.1, 0.15) is 17.6 Å². The Kier molecular flexibility index (Phi) is 3.68. The third-order valence-corrected chi connectivity index (χ3v) is 3.99. The maximum absolute atomic E-state index is 12.4. The zero-order valence-electron chi connectivity index (χ0n) is 14.1. The van der Waals surface area contributed by atoms with Gasteiger partial charge in [-0.2, -0.15) is 24.9 Å². The molecule has 0 spiro atoms. The summed E-state index contributed by atoms with van der Waals surface area (Å²) in [5, 5.41) is 12.7. The summed E-state index contributed by atoms with van der Waals surface area (Å²) in [5.74, 6) is -0.272. The summed E-state index contributed by atoms with van der Waals surface area (Å²) in [7, 11) is 1.71. The van der Waals surface area contributed by atoms with Gasteiger partial charge in [0.2, 0.25) is 0 Å². The topological polar surface area (TPSA) is 104 Å². The number of carbonyl (C=O) groups excluding carboxylic acids is 2. The molecule has 0 radical (unpaired) electrons. The van der Waals surface area contributed by atoms with Crippen LogP contribution in [-0.2, 0) is 4.79 Å². The number of carbonyl (C=O) groups is 2. The molecule has 3 heterocycles. The second-order valence-corrected chi connectivity index (χ2v) is 5.89. The highest BCUT2D eigenvalue weighted by atomic mass is 16.2. The largest absolute Gasteiger partial charge is 0.306 e. The Morgan fingerprint density at radius 2 is 1.96 bits per heavy atom. The van der Waals surface area contributed by atoms with Crippen molar-refractivity contribution in [1.29, 1.82) is 0 Å². The first-order valence-electron chi connectivity index (χ1n) is 7.95. The molecular weight excluding hydrogens is 334 g/mol. The zero-order valence-corrected chi connectivity index (χ0v) is 14.1. The molecule has 1 aromatic heterocycles. The summed E-state index contributed by atoms with van der Waals surface area (Å²) in [5.41, 5.74) is 1.16. The fourth-order valence-electron chi connectivity index (χ4n) is 2.72. The Morgan fingerprint density at radius 3 is 2.73 bits per heavy atom. The van der Waals surface area contributed by atoms with E-state index in [-0.39, 0.29) is 17.8 Å². The van der Waals surface area contributed by atoms with Crippen molar-refractivity contribution in [3.63, 3.8) is 0 Å². The second kappa shape index (κ2) is 6.03. The molecule has 2 aliphatic rings. The summed E-state index contributed by atoms with van der Waals surface area (Å²) < 4.78 is 1.35. The number of fused-ring (bicyclic) bond motifs is 1. The van der Waals surface area contributed by atoms with Crippen LogP contribution in [0.25, 0.3) is 0 Å². The van der Waals surface area contributed by atoms with Crippen LogP contribution in [-0.4, -0.2) is 51.7 Å². The van der Waals surface area contributed by atoms with Crippen molar-refractivity contribution in [2.75, 3.05) is 12.4 Å². The number of anilines is 1. The first kappa shape index (κ1) is 15.9. The number of nitrogens with zero attached hydrogens (tertiary/aromatic N) is 6. The van der Waals surface area contributed by atoms with E-state index in [1.807, 2.05) is 6.07 Å². The molecule has 1 N–H and O–H groups in total. The van der Waals surface area contributed by atoms with Crippen molar-refractivity contribution in [3.8, 4) is 0 Å². The molecule has 2 aliphatic heterocycles. The number of nitrogens with one attached hydrogen (secondary N) is 1. The van der Waals surface area contributed by atoms with Crippen LogP contribution in [0.4, 0.5) is 5.82 Å². The quantitative estimate of drug-likeness (QED) is 0.877. The molecule has 0 fully saturated rings. The van der Waals surface area contributed by atoms with Gasteiger partial charge in [-0.15, -0.1) is 0 Å². The van der Waals surface area contributed by atoms with E-state index in [4.69, 9.17) is 0 Å². The number of hydrogen-bond donors (Lipinski definition) is 1. The van der Waals surface area contributed by atoms with Crippen molar-refractivity contribution < 1.29 is 9.59 Å². The molecule has 0 aliphatic carbocycles. The van der Waals surface area contributed by atoms with E-state index in [1.165, 1.54) is 15.9 Å². The van der Waals surface area contributed by atoms with Crippen LogP contribution < -0.4 is 5.32 Å². The van der Waals surface area contributed by atoms with Gasteiger partial charge < -0.3 is 5.32 Å². The van der Waals surface area contributed by atoms with Gasteiger partial charge in [0, 0.05) is 24.9 Å². The van der Waals surface area contributed by atoms with Crippen molar-refractivity contribution >= 4 is 35.6 Å². The van der Waals surface area contributed by atoms with E-state index >= 15 is 0 Å². The summed E-state index contributed by atoms with van der Waals surface area (Å²) in [6.07, 6.45) is 1.51. The molecule has 0 bridgehead atoms. The highest BCUT2D eigenvalue weighted by Gasteiger charge is 2.35. The molecule has 1 atom stereocenters. The number of benzene rings is 1. The number of aliphatic imine (C=N–C) groups is 2. The lowest BCUT2D eigenvalue weighted by molar-refractivity contribution is -0.118. The number of amides is 2. The summed E-state index contributed by atoms with van der Waals surface area (Å²) in [6, 6.07) is 10.5. The lowest BCUT2D eigenvalue weighted by atomic mass is 10.1. The average Bonchev–Trinajstić information content (AvgIpc) is 3.19. The molecule has 2 amide bonds. The zero-order chi connectivity index (χ0) is 18.3. The maximum atomic E-state index is 12.4. The van der Waals surface area contributed by atoms with Gasteiger partial charge in [-0.1, -0.05) is 18.2 Å². The fraction of sp³-hybridized carbons (Fsp3) is 0.176. The summed E-state index contributed by atoms with van der Waals surface area (Å²) >= 11 is 0. The van der Waals surface area contributed by atoms with Crippen molar-refractivity contribution in [2.24, 2.45) is 21.0 Å². The molecule has 2 aromatic rings. The highest BCUT2D eigenvalue weighted by molar-refractivity contribution is 6.24. The van der Waals surface area contributed by atoms with Crippen LogP contribution in [0.5, 0.6) is 0 Å². The molecular formula is C17H15N7O2. The van der Waals surface area contributed by atoms with Crippen LogP contribution in [0, 0.1) is 12.8 Å². The minimum absolute atomic E-state index is 0.0926. The fourth-order valence-corrected chi connectivity index (χ4v) is 2.72. The first-order valence-corrected chi connectivity index (χ1v) is 7.95. The lowest BCUT2D eigenvalue weighted by Crippen LogP contribution is -2.35. The van der Waals surface area contributed by atoms with E-state index in [0.29, 0.717) is 22.9 Å². The monoisotopic (exact) mass is 349 g/mol. The lowest BCUT2D eigenvalue weighted by Gasteiger charge is -2.17. The number of rotatable bonds is 2. The van der Waals surface area contributed by atoms with E-state index in [2.05, 4.69) is 25.5 Å². The number of aryl methyl sites for hydroxylation is 1. The molecule has 130 valence electrons. The minimum Gasteiger partial charge on any atom is -0.306 e. The van der Waals surface area contributed by atoms with Gasteiger partial charge in [-0.05, 0) is 19.1 Å². The molecule has 9 heteroatoms. The Morgan fingerprint density at radius 1 is 1.19 bits per heavy atom. The molecule has 9 nitrogen and oxygen atoms in total. The van der Waals surface area contributed by atoms with Crippen LogP contribution in [0.2, 0.25) is 0 Å². The van der Waals surface area contributed by atoms with Crippen LogP contribution in [0.15, 0.2) is 51.5 Å². The van der Waals surface area contributed by atoms with Gasteiger partial charge >= 0.3 is 0 Å². The third kappa shape index (κ3) is 2.69. The summed E-state index contributed by atoms with van der Waals surface area (Å²) in [4.78, 5) is 33.1. The van der Waals surface area contributed by atoms with Gasteiger partial charge in [-0.25, -0.2) is 0 Å². The van der Waals surface area contributed by atoms with E-state index < -0.39 is 5.92 Å². The van der Waals surface area contributed by atoms with Crippen molar-refractivity contribution in [1.82, 2.24) is 14.8 Å². The van der Waals surface area contributed by atoms with Crippen LogP contribution in [0.1, 0.15) is 16.1 Å². The van der Waals surface area contributed by atoms with Gasteiger partial charge in [0.15, 0.2) is 0 Å². The minimum atomic E-state index is -0.567. The van der Waals surface area contributed by atoms with E-state index in [9.17, 15) is 9.59 Å². The third-order valence-electron chi connectivity index (χ3n) is 3.99. The normalized spacial score (nSPS) is 18.5. The first-order chi connectivity index (χ1) is 12.5. The Bertz CT molecular complexity index is 988. The molecule has 0 saturated carbocycles. The molecule has 0 saturated heterocycles. The number of aromatic nitrogens is 2. The average molecular weight is 349 g/mol. The SMILES string of the molecule is Cc1cc(NC(=O)c2ccccc2)n(C2=NC(=O)C3C=NN(C)C3=N2)n1. The van der Waals surface area contributed by atoms with Crippen LogP contribution >= 0.6 is 0 Å². The van der Waals surface area contributed by atoms with Crippen molar-refractivity contribution in [2.45, 2.75) is 6.92 Å². The summed E-state index contributed by atoms with van der Waals surface area (Å²) in [6.45, 7) is 1.78. The predicted molar refractivity (Wildman–Crippen MR) is 96.4 cm³/mol. The maximum Gasteiger partial charge on any atom is 0.265 e. The standard InChI is InChI=1S/C17H15N7O2/c1-10-8-13(19-15(25)11-6-4-3-5-7-11)24(22-10)17-20-14-12(16(26)21-17)9-18-23(14)2/h3-9,12H,1-2H3,(H,19,25). The Labute approximate surface area is 148 Å². The predicted octanol–water partition coefficient (Wildman–Crippen LogP) is 1.13.